The van der Waals surface area contributed by atoms with Gasteiger partial charge < -0.3 is 10.6 Å². The lowest BCUT2D eigenvalue weighted by Gasteiger charge is -2.10. The van der Waals surface area contributed by atoms with Gasteiger partial charge in [-0.1, -0.05) is 24.6 Å². The molecule has 4 heteroatoms. The molecule has 0 spiro atoms. The molecule has 1 amide bonds. The summed E-state index contributed by atoms with van der Waals surface area (Å²) in [6, 6.07) is 9.92. The molecule has 0 saturated carbocycles. The van der Waals surface area contributed by atoms with Crippen molar-refractivity contribution in [1.29, 1.82) is 0 Å². The number of carbonyl (C=O) groups excluding carboxylic acids is 1. The number of nitrogens with one attached hydrogen (secondary N) is 2. The van der Waals surface area contributed by atoms with E-state index in [1.807, 2.05) is 25.1 Å². The fraction of sp³-hybridized carbons (Fsp3) is 0.250. The Bertz CT molecular complexity index is 606. The Balaban J connectivity index is 2.08. The highest BCUT2D eigenvalue weighted by Gasteiger charge is 2.02. The number of hydrogen-bond donors (Lipinski definition) is 2. The molecule has 2 aromatic rings. The fourth-order valence-corrected chi connectivity index (χ4v) is 1.88. The molecule has 0 fully saturated rings. The summed E-state index contributed by atoms with van der Waals surface area (Å²) >= 11 is 0. The Labute approximate surface area is 119 Å². The maximum Gasteiger partial charge on any atom is 0.224 e. The van der Waals surface area contributed by atoms with Gasteiger partial charge in [-0.15, -0.1) is 0 Å². The minimum atomic E-state index is -0.0121. The van der Waals surface area contributed by atoms with E-state index in [0.29, 0.717) is 12.1 Å². The van der Waals surface area contributed by atoms with Gasteiger partial charge in [0.2, 0.25) is 5.91 Å². The van der Waals surface area contributed by atoms with Gasteiger partial charge >= 0.3 is 0 Å². The standard InChI is InChI=1S/C16H19N3O/c1-4-16(20)18-13-6-8-15(17-10-13)19-14-7-5-11(2)9-12(14)3/h5-10H,4H2,1-3H3,(H,17,19)(H,18,20). The number of aryl methyl sites for hydroxylation is 2. The largest absolute Gasteiger partial charge is 0.340 e. The number of nitrogens with zero attached hydrogens (tertiary/aromatic N) is 1. The van der Waals surface area contributed by atoms with Crippen molar-refractivity contribution >= 4 is 23.1 Å². The summed E-state index contributed by atoms with van der Waals surface area (Å²) in [6.45, 7) is 5.95. The summed E-state index contributed by atoms with van der Waals surface area (Å²) < 4.78 is 0. The van der Waals surface area contributed by atoms with Crippen molar-refractivity contribution in [2.75, 3.05) is 10.6 Å². The average molecular weight is 269 g/mol. The second kappa shape index (κ2) is 6.19. The van der Waals surface area contributed by atoms with Crippen LogP contribution in [0.5, 0.6) is 0 Å². The number of anilines is 3. The zero-order valence-electron chi connectivity index (χ0n) is 12.0. The zero-order chi connectivity index (χ0) is 14.5. The van der Waals surface area contributed by atoms with Crippen LogP contribution in [0.25, 0.3) is 0 Å². The van der Waals surface area contributed by atoms with Crippen LogP contribution in [0.15, 0.2) is 36.5 Å². The summed E-state index contributed by atoms with van der Waals surface area (Å²) in [4.78, 5) is 15.6. The third kappa shape index (κ3) is 3.57. The van der Waals surface area contributed by atoms with Gasteiger partial charge in [-0.3, -0.25) is 4.79 Å². The van der Waals surface area contributed by atoms with Crippen LogP contribution in [-0.2, 0) is 4.79 Å². The summed E-state index contributed by atoms with van der Waals surface area (Å²) in [5, 5.41) is 6.04. The molecule has 0 aliphatic heterocycles. The Morgan fingerprint density at radius 3 is 2.60 bits per heavy atom. The number of carbonyl (C=O) groups is 1. The van der Waals surface area contributed by atoms with Crippen LogP contribution in [0.4, 0.5) is 17.2 Å². The van der Waals surface area contributed by atoms with Gasteiger partial charge in [-0.05, 0) is 37.6 Å². The van der Waals surface area contributed by atoms with Crippen molar-refractivity contribution in [3.63, 3.8) is 0 Å². The molecule has 0 aliphatic carbocycles. The Kier molecular flexibility index (Phi) is 4.35. The molecule has 1 heterocycles. The maximum absolute atomic E-state index is 11.3. The molecule has 1 aromatic carbocycles. The summed E-state index contributed by atoms with van der Waals surface area (Å²) in [5.74, 6) is 0.744. The number of hydrogen-bond acceptors (Lipinski definition) is 3. The van der Waals surface area contributed by atoms with E-state index in [4.69, 9.17) is 0 Å². The number of aromatic nitrogens is 1. The van der Waals surface area contributed by atoms with E-state index >= 15 is 0 Å². The smallest absolute Gasteiger partial charge is 0.224 e. The summed E-state index contributed by atoms with van der Waals surface area (Å²) in [6.07, 6.45) is 2.11. The summed E-state index contributed by atoms with van der Waals surface area (Å²) in [7, 11) is 0. The van der Waals surface area contributed by atoms with Crippen molar-refractivity contribution in [3.05, 3.63) is 47.7 Å². The molecule has 1 aromatic heterocycles. The maximum atomic E-state index is 11.3. The van der Waals surface area contributed by atoms with E-state index in [1.165, 1.54) is 11.1 Å². The van der Waals surface area contributed by atoms with Gasteiger partial charge in [0.05, 0.1) is 11.9 Å². The van der Waals surface area contributed by atoms with Crippen LogP contribution < -0.4 is 10.6 Å². The molecule has 0 aliphatic rings. The van der Waals surface area contributed by atoms with Gasteiger partial charge in [-0.25, -0.2) is 4.98 Å². The van der Waals surface area contributed by atoms with Crippen molar-refractivity contribution in [3.8, 4) is 0 Å². The third-order valence-electron chi connectivity index (χ3n) is 3.01. The lowest BCUT2D eigenvalue weighted by molar-refractivity contribution is -0.115. The highest BCUT2D eigenvalue weighted by atomic mass is 16.1. The van der Waals surface area contributed by atoms with Gasteiger partial charge in [0.25, 0.3) is 0 Å². The topological polar surface area (TPSA) is 54.0 Å². The number of rotatable bonds is 4. The minimum absolute atomic E-state index is 0.0121. The Hall–Kier alpha value is -2.36. The molecule has 0 atom stereocenters. The molecular formula is C16H19N3O. The van der Waals surface area contributed by atoms with Crippen molar-refractivity contribution in [2.24, 2.45) is 0 Å². The molecule has 104 valence electrons. The molecule has 0 bridgehead atoms. The third-order valence-corrected chi connectivity index (χ3v) is 3.01. The Morgan fingerprint density at radius 1 is 1.20 bits per heavy atom. The molecule has 0 unspecified atom stereocenters. The van der Waals surface area contributed by atoms with Gasteiger partial charge in [0, 0.05) is 12.1 Å². The molecule has 2 N–H and O–H groups in total. The minimum Gasteiger partial charge on any atom is -0.340 e. The molecular weight excluding hydrogens is 250 g/mol. The predicted molar refractivity (Wildman–Crippen MR) is 82.4 cm³/mol. The van der Waals surface area contributed by atoms with Gasteiger partial charge in [0.15, 0.2) is 0 Å². The fourth-order valence-electron chi connectivity index (χ4n) is 1.88. The average Bonchev–Trinajstić information content (AvgIpc) is 2.44. The monoisotopic (exact) mass is 269 g/mol. The lowest BCUT2D eigenvalue weighted by atomic mass is 10.1. The first-order valence-corrected chi connectivity index (χ1v) is 6.68. The van der Waals surface area contributed by atoms with E-state index in [-0.39, 0.29) is 5.91 Å². The number of benzene rings is 1. The summed E-state index contributed by atoms with van der Waals surface area (Å²) in [5.41, 5.74) is 4.16. The van der Waals surface area contributed by atoms with E-state index in [9.17, 15) is 4.79 Å². The van der Waals surface area contributed by atoms with Crippen molar-refractivity contribution < 1.29 is 4.79 Å². The van der Waals surface area contributed by atoms with E-state index in [1.54, 1.807) is 6.20 Å². The second-order valence-corrected chi connectivity index (χ2v) is 4.78. The van der Waals surface area contributed by atoms with Gasteiger partial charge in [0.1, 0.15) is 5.82 Å². The molecule has 0 saturated heterocycles. The quantitative estimate of drug-likeness (QED) is 0.887. The molecule has 2 rings (SSSR count). The number of pyridine rings is 1. The SMILES string of the molecule is CCC(=O)Nc1ccc(Nc2ccc(C)cc2C)nc1. The van der Waals surface area contributed by atoms with Crippen molar-refractivity contribution in [2.45, 2.75) is 27.2 Å². The van der Waals surface area contributed by atoms with Gasteiger partial charge in [-0.2, -0.15) is 0 Å². The predicted octanol–water partition coefficient (Wildman–Crippen LogP) is 3.79. The normalized spacial score (nSPS) is 10.2. The highest BCUT2D eigenvalue weighted by molar-refractivity contribution is 5.90. The zero-order valence-corrected chi connectivity index (χ0v) is 12.0. The Morgan fingerprint density at radius 2 is 2.00 bits per heavy atom. The van der Waals surface area contributed by atoms with E-state index < -0.39 is 0 Å². The van der Waals surface area contributed by atoms with Crippen LogP contribution >= 0.6 is 0 Å². The molecule has 20 heavy (non-hydrogen) atoms. The van der Waals surface area contributed by atoms with Crippen LogP contribution in [0, 0.1) is 13.8 Å². The van der Waals surface area contributed by atoms with Crippen LogP contribution in [0.3, 0.4) is 0 Å². The van der Waals surface area contributed by atoms with E-state index in [0.717, 1.165) is 11.5 Å². The van der Waals surface area contributed by atoms with Crippen LogP contribution in [0.1, 0.15) is 24.5 Å². The number of amides is 1. The second-order valence-electron chi connectivity index (χ2n) is 4.78. The van der Waals surface area contributed by atoms with Crippen LogP contribution in [-0.4, -0.2) is 10.9 Å². The van der Waals surface area contributed by atoms with E-state index in [2.05, 4.69) is 41.6 Å². The van der Waals surface area contributed by atoms with Crippen molar-refractivity contribution in [1.82, 2.24) is 4.98 Å². The van der Waals surface area contributed by atoms with Crippen LogP contribution in [0.2, 0.25) is 0 Å². The first-order chi connectivity index (χ1) is 9.58. The first-order valence-electron chi connectivity index (χ1n) is 6.68. The highest BCUT2D eigenvalue weighted by Crippen LogP contribution is 2.20. The first kappa shape index (κ1) is 14.1. The molecule has 0 radical (unpaired) electrons. The molecule has 4 nitrogen and oxygen atoms in total. The lowest BCUT2D eigenvalue weighted by Crippen LogP contribution is -2.09.